The summed E-state index contributed by atoms with van der Waals surface area (Å²) in [5.41, 5.74) is 0.470. The molecular weight excluding hydrogens is 256 g/mol. The topological polar surface area (TPSA) is 83.0 Å². The van der Waals surface area contributed by atoms with Crippen molar-refractivity contribution in [2.24, 2.45) is 0 Å². The number of benzene rings is 2. The second kappa shape index (κ2) is 4.62. The molecule has 0 amide bonds. The monoisotopic (exact) mass is 266 g/mol. The molecule has 1 aromatic heterocycles. The highest BCUT2D eigenvalue weighted by molar-refractivity contribution is 6.07. The van der Waals surface area contributed by atoms with Gasteiger partial charge >= 0.3 is 0 Å². The molecule has 0 aliphatic carbocycles. The second-order valence-electron chi connectivity index (χ2n) is 4.31. The fourth-order valence-corrected chi connectivity index (χ4v) is 1.94. The van der Waals surface area contributed by atoms with E-state index >= 15 is 0 Å². The average Bonchev–Trinajstić information content (AvgIpc) is 2.47. The molecule has 0 aliphatic heterocycles. The van der Waals surface area contributed by atoms with Crippen molar-refractivity contribution < 1.29 is 9.90 Å². The molecule has 3 rings (SSSR count). The maximum Gasteiger partial charge on any atom is 0.259 e. The summed E-state index contributed by atoms with van der Waals surface area (Å²) in [6.07, 6.45) is 0. The minimum absolute atomic E-state index is 0.0145. The molecule has 5 heteroatoms. The summed E-state index contributed by atoms with van der Waals surface area (Å²) in [5.74, 6) is -0.339. The van der Waals surface area contributed by atoms with Crippen molar-refractivity contribution in [3.63, 3.8) is 0 Å². The number of para-hydroxylation sites is 1. The van der Waals surface area contributed by atoms with Gasteiger partial charge in [-0.1, -0.05) is 12.1 Å². The van der Waals surface area contributed by atoms with E-state index in [2.05, 4.69) is 9.97 Å². The Hall–Kier alpha value is -2.95. The summed E-state index contributed by atoms with van der Waals surface area (Å²) in [6, 6.07) is 12.6. The van der Waals surface area contributed by atoms with Gasteiger partial charge in [0.25, 0.3) is 5.56 Å². The minimum Gasteiger partial charge on any atom is -0.508 e. The predicted molar refractivity (Wildman–Crippen MR) is 73.9 cm³/mol. The zero-order chi connectivity index (χ0) is 14.1. The zero-order valence-corrected chi connectivity index (χ0v) is 10.3. The molecule has 0 fully saturated rings. The quantitative estimate of drug-likeness (QED) is 0.693. The lowest BCUT2D eigenvalue weighted by molar-refractivity contribution is 0.102. The summed E-state index contributed by atoms with van der Waals surface area (Å²) in [5, 5.41) is 9.65. The van der Waals surface area contributed by atoms with Crippen LogP contribution < -0.4 is 5.56 Å². The largest absolute Gasteiger partial charge is 0.508 e. The molecule has 0 atom stereocenters. The van der Waals surface area contributed by atoms with Gasteiger partial charge < -0.3 is 10.1 Å². The van der Waals surface area contributed by atoms with E-state index in [1.54, 1.807) is 24.3 Å². The number of rotatable bonds is 2. The molecule has 0 saturated carbocycles. The predicted octanol–water partition coefficient (Wildman–Crippen LogP) is 1.86. The average molecular weight is 266 g/mol. The van der Waals surface area contributed by atoms with Crippen LogP contribution in [0.4, 0.5) is 0 Å². The van der Waals surface area contributed by atoms with Crippen LogP contribution in [0.15, 0.2) is 53.3 Å². The van der Waals surface area contributed by atoms with Crippen LogP contribution in [0, 0.1) is 0 Å². The maximum atomic E-state index is 12.2. The van der Waals surface area contributed by atoms with E-state index in [-0.39, 0.29) is 17.1 Å². The van der Waals surface area contributed by atoms with E-state index in [0.29, 0.717) is 16.5 Å². The third kappa shape index (κ3) is 2.05. The van der Waals surface area contributed by atoms with Gasteiger partial charge in [-0.15, -0.1) is 0 Å². The lowest BCUT2D eigenvalue weighted by Crippen LogP contribution is -2.16. The van der Waals surface area contributed by atoms with Gasteiger partial charge in [-0.25, -0.2) is 4.98 Å². The number of fused-ring (bicyclic) bond motifs is 1. The Kier molecular flexibility index (Phi) is 2.80. The number of carbonyl (C=O) groups excluding carboxylic acids is 1. The molecule has 0 unspecified atom stereocenters. The first-order chi connectivity index (χ1) is 9.65. The Morgan fingerprint density at radius 1 is 1.05 bits per heavy atom. The molecule has 98 valence electrons. The highest BCUT2D eigenvalue weighted by Gasteiger charge is 2.13. The Morgan fingerprint density at radius 2 is 1.75 bits per heavy atom. The molecule has 20 heavy (non-hydrogen) atoms. The van der Waals surface area contributed by atoms with Crippen molar-refractivity contribution >= 4 is 16.7 Å². The Bertz CT molecular complexity index is 851. The summed E-state index contributed by atoms with van der Waals surface area (Å²) >= 11 is 0. The number of phenols is 1. The van der Waals surface area contributed by atoms with Crippen LogP contribution in [-0.4, -0.2) is 20.9 Å². The van der Waals surface area contributed by atoms with Crippen LogP contribution in [0.1, 0.15) is 16.2 Å². The zero-order valence-electron chi connectivity index (χ0n) is 10.3. The van der Waals surface area contributed by atoms with Gasteiger partial charge in [0.1, 0.15) is 5.75 Å². The van der Waals surface area contributed by atoms with Crippen molar-refractivity contribution in [2.45, 2.75) is 0 Å². The van der Waals surface area contributed by atoms with Crippen molar-refractivity contribution in [1.82, 2.24) is 9.97 Å². The molecular formula is C15H10N2O3. The second-order valence-corrected chi connectivity index (χ2v) is 4.31. The first-order valence-electron chi connectivity index (χ1n) is 5.98. The van der Waals surface area contributed by atoms with Crippen molar-refractivity contribution in [3.05, 3.63) is 70.3 Å². The number of hydrogen-bond donors (Lipinski definition) is 2. The maximum absolute atomic E-state index is 12.2. The molecule has 0 bridgehead atoms. The number of aromatic hydroxyl groups is 1. The van der Waals surface area contributed by atoms with Gasteiger partial charge in [0.15, 0.2) is 5.82 Å². The highest BCUT2D eigenvalue weighted by Crippen LogP contribution is 2.13. The lowest BCUT2D eigenvalue weighted by Gasteiger charge is -2.02. The third-order valence-corrected chi connectivity index (χ3v) is 2.96. The lowest BCUT2D eigenvalue weighted by atomic mass is 10.1. The molecule has 0 aliphatic rings. The Labute approximate surface area is 113 Å². The number of H-pyrrole nitrogens is 1. The van der Waals surface area contributed by atoms with Crippen molar-refractivity contribution in [3.8, 4) is 5.75 Å². The summed E-state index contributed by atoms with van der Waals surface area (Å²) < 4.78 is 0. The van der Waals surface area contributed by atoms with Crippen LogP contribution in [0.2, 0.25) is 0 Å². The summed E-state index contributed by atoms with van der Waals surface area (Å²) in [6.45, 7) is 0. The van der Waals surface area contributed by atoms with Crippen LogP contribution in [-0.2, 0) is 0 Å². The SMILES string of the molecule is O=C(c1ccc(O)cc1)c1nc2ccccc2c(=O)[nH]1. The molecule has 0 radical (unpaired) electrons. The molecule has 0 spiro atoms. The fraction of sp³-hybridized carbons (Fsp3) is 0. The molecule has 5 nitrogen and oxygen atoms in total. The summed E-state index contributed by atoms with van der Waals surface area (Å²) in [7, 11) is 0. The molecule has 2 aromatic carbocycles. The van der Waals surface area contributed by atoms with Gasteiger partial charge in [-0.3, -0.25) is 9.59 Å². The standard InChI is InChI=1S/C15H10N2O3/c18-10-7-5-9(6-8-10)13(19)14-16-12-4-2-1-3-11(12)15(20)17-14/h1-8,18H,(H,16,17,20). The van der Waals surface area contributed by atoms with E-state index in [9.17, 15) is 14.7 Å². The van der Waals surface area contributed by atoms with Crippen molar-refractivity contribution in [2.75, 3.05) is 0 Å². The molecule has 3 aromatic rings. The molecule has 2 N–H and O–H groups in total. The van der Waals surface area contributed by atoms with Crippen LogP contribution in [0.3, 0.4) is 0 Å². The third-order valence-electron chi connectivity index (χ3n) is 2.96. The van der Waals surface area contributed by atoms with E-state index in [1.165, 1.54) is 24.3 Å². The highest BCUT2D eigenvalue weighted by atomic mass is 16.3. The molecule has 1 heterocycles. The van der Waals surface area contributed by atoms with Crippen molar-refractivity contribution in [1.29, 1.82) is 0 Å². The number of aromatic amines is 1. The van der Waals surface area contributed by atoms with Gasteiger partial charge in [0.05, 0.1) is 10.9 Å². The van der Waals surface area contributed by atoms with Gasteiger partial charge in [0, 0.05) is 5.56 Å². The number of carbonyl (C=O) groups is 1. The number of aromatic nitrogens is 2. The number of nitrogens with one attached hydrogen (secondary N) is 1. The number of nitrogens with zero attached hydrogens (tertiary/aromatic N) is 1. The van der Waals surface area contributed by atoms with Crippen LogP contribution in [0.25, 0.3) is 10.9 Å². The van der Waals surface area contributed by atoms with E-state index in [1.807, 2.05) is 0 Å². The number of phenolic OH excluding ortho intramolecular Hbond substituents is 1. The smallest absolute Gasteiger partial charge is 0.259 e. The van der Waals surface area contributed by atoms with E-state index < -0.39 is 5.78 Å². The molecule has 0 saturated heterocycles. The van der Waals surface area contributed by atoms with Crippen LogP contribution in [0.5, 0.6) is 5.75 Å². The van der Waals surface area contributed by atoms with Crippen LogP contribution >= 0.6 is 0 Å². The van der Waals surface area contributed by atoms with E-state index in [0.717, 1.165) is 0 Å². The van der Waals surface area contributed by atoms with Gasteiger partial charge in [0.2, 0.25) is 5.78 Å². The Morgan fingerprint density at radius 3 is 2.50 bits per heavy atom. The first kappa shape index (κ1) is 12.1. The Balaban J connectivity index is 2.12. The summed E-state index contributed by atoms with van der Waals surface area (Å²) in [4.78, 5) is 30.8. The van der Waals surface area contributed by atoms with E-state index in [4.69, 9.17) is 0 Å². The minimum atomic E-state index is -0.396. The van der Waals surface area contributed by atoms with Gasteiger partial charge in [-0.05, 0) is 36.4 Å². The van der Waals surface area contributed by atoms with Gasteiger partial charge in [-0.2, -0.15) is 0 Å². The first-order valence-corrected chi connectivity index (χ1v) is 5.98. The normalized spacial score (nSPS) is 10.6. The number of ketones is 1. The fourth-order valence-electron chi connectivity index (χ4n) is 1.94. The number of hydrogen-bond acceptors (Lipinski definition) is 4.